The molecule has 2 heterocycles. The zero-order chi connectivity index (χ0) is 16.9. The Kier molecular flexibility index (Phi) is 5.43. The van der Waals surface area contributed by atoms with E-state index in [0.29, 0.717) is 15.8 Å². The fourth-order valence-electron chi connectivity index (χ4n) is 2.63. The first-order valence-electron chi connectivity index (χ1n) is 7.65. The van der Waals surface area contributed by atoms with Crippen molar-refractivity contribution in [3.63, 3.8) is 0 Å². The molecule has 1 atom stereocenters. The van der Waals surface area contributed by atoms with Gasteiger partial charge < -0.3 is 15.0 Å². The first-order chi connectivity index (χ1) is 11.6. The highest BCUT2D eigenvalue weighted by molar-refractivity contribution is 6.35. The van der Waals surface area contributed by atoms with Crippen molar-refractivity contribution >= 4 is 34.9 Å². The standard InChI is InChI=1S/C17H17Cl2N3O2/c18-12-4-5-15(14(19)9-12)24-11-17(23)21-13-6-8-22(10-13)16-3-1-2-7-20-16/h1-5,7,9,13H,6,8,10-11H2,(H,21,23)/t13-/m1/s1. The van der Waals surface area contributed by atoms with Crippen LogP contribution in [0.15, 0.2) is 42.6 Å². The molecule has 1 saturated heterocycles. The van der Waals surface area contributed by atoms with Crippen LogP contribution in [-0.4, -0.2) is 36.6 Å². The Hall–Kier alpha value is -1.98. The molecule has 0 spiro atoms. The van der Waals surface area contributed by atoms with Crippen LogP contribution in [0.5, 0.6) is 5.75 Å². The molecule has 5 nitrogen and oxygen atoms in total. The van der Waals surface area contributed by atoms with E-state index in [2.05, 4.69) is 15.2 Å². The summed E-state index contributed by atoms with van der Waals surface area (Å²) in [6.45, 7) is 1.53. The SMILES string of the molecule is O=C(COc1ccc(Cl)cc1Cl)N[C@@H]1CCN(c2ccccn2)C1. The smallest absolute Gasteiger partial charge is 0.258 e. The quantitative estimate of drug-likeness (QED) is 0.883. The Morgan fingerprint density at radius 3 is 2.96 bits per heavy atom. The Labute approximate surface area is 150 Å². The zero-order valence-corrected chi connectivity index (χ0v) is 14.4. The number of hydrogen-bond donors (Lipinski definition) is 1. The number of hydrogen-bond acceptors (Lipinski definition) is 4. The first kappa shape index (κ1) is 16.9. The first-order valence-corrected chi connectivity index (χ1v) is 8.40. The average molecular weight is 366 g/mol. The third kappa shape index (κ3) is 4.30. The molecule has 0 unspecified atom stereocenters. The second-order valence-corrected chi connectivity index (χ2v) is 6.39. The minimum Gasteiger partial charge on any atom is -0.482 e. The summed E-state index contributed by atoms with van der Waals surface area (Å²) in [5.41, 5.74) is 0. The van der Waals surface area contributed by atoms with Gasteiger partial charge in [0.25, 0.3) is 5.91 Å². The highest BCUT2D eigenvalue weighted by Gasteiger charge is 2.24. The van der Waals surface area contributed by atoms with Crippen molar-refractivity contribution in [2.45, 2.75) is 12.5 Å². The van der Waals surface area contributed by atoms with Crippen molar-refractivity contribution in [1.29, 1.82) is 0 Å². The number of amides is 1. The van der Waals surface area contributed by atoms with Gasteiger partial charge in [0.05, 0.1) is 5.02 Å². The summed E-state index contributed by atoms with van der Waals surface area (Å²) in [6.07, 6.45) is 2.65. The van der Waals surface area contributed by atoms with Gasteiger partial charge >= 0.3 is 0 Å². The topological polar surface area (TPSA) is 54.5 Å². The molecule has 0 aliphatic carbocycles. The molecule has 7 heteroatoms. The number of nitrogens with one attached hydrogen (secondary N) is 1. The molecular weight excluding hydrogens is 349 g/mol. The van der Waals surface area contributed by atoms with Gasteiger partial charge in [-0.2, -0.15) is 0 Å². The Balaban J connectivity index is 1.47. The number of anilines is 1. The summed E-state index contributed by atoms with van der Waals surface area (Å²) in [5.74, 6) is 1.20. The lowest BCUT2D eigenvalue weighted by Crippen LogP contribution is -2.39. The van der Waals surface area contributed by atoms with Gasteiger partial charge in [0.2, 0.25) is 0 Å². The van der Waals surface area contributed by atoms with Crippen LogP contribution < -0.4 is 15.0 Å². The monoisotopic (exact) mass is 365 g/mol. The van der Waals surface area contributed by atoms with Crippen molar-refractivity contribution in [1.82, 2.24) is 10.3 Å². The van der Waals surface area contributed by atoms with E-state index in [0.717, 1.165) is 25.3 Å². The number of pyridine rings is 1. The molecule has 126 valence electrons. The van der Waals surface area contributed by atoms with Crippen LogP contribution in [0.3, 0.4) is 0 Å². The summed E-state index contributed by atoms with van der Waals surface area (Å²) in [7, 11) is 0. The second-order valence-electron chi connectivity index (χ2n) is 5.55. The summed E-state index contributed by atoms with van der Waals surface area (Å²) >= 11 is 11.8. The number of rotatable bonds is 5. The number of nitrogens with zero attached hydrogens (tertiary/aromatic N) is 2. The molecule has 1 aliphatic heterocycles. The number of carbonyl (C=O) groups is 1. The number of halogens is 2. The third-order valence-electron chi connectivity index (χ3n) is 3.78. The Morgan fingerprint density at radius 1 is 1.33 bits per heavy atom. The summed E-state index contributed by atoms with van der Waals surface area (Å²) in [6, 6.07) is 10.8. The molecule has 0 bridgehead atoms. The van der Waals surface area contributed by atoms with Crippen LogP contribution in [-0.2, 0) is 4.79 Å². The molecular formula is C17H17Cl2N3O2. The summed E-state index contributed by atoms with van der Waals surface area (Å²) in [4.78, 5) is 18.5. The van der Waals surface area contributed by atoms with Gasteiger partial charge in [-0.1, -0.05) is 29.3 Å². The molecule has 0 radical (unpaired) electrons. The maximum absolute atomic E-state index is 12.1. The fraction of sp³-hybridized carbons (Fsp3) is 0.294. The maximum atomic E-state index is 12.1. The minimum atomic E-state index is -0.172. The van der Waals surface area contributed by atoms with Crippen LogP contribution in [0.1, 0.15) is 6.42 Å². The Morgan fingerprint density at radius 2 is 2.21 bits per heavy atom. The van der Waals surface area contributed by atoms with E-state index in [9.17, 15) is 4.79 Å². The molecule has 24 heavy (non-hydrogen) atoms. The van der Waals surface area contributed by atoms with Crippen LogP contribution >= 0.6 is 23.2 Å². The highest BCUT2D eigenvalue weighted by Crippen LogP contribution is 2.27. The number of aromatic nitrogens is 1. The van der Waals surface area contributed by atoms with Crippen molar-refractivity contribution in [2.24, 2.45) is 0 Å². The van der Waals surface area contributed by atoms with E-state index in [4.69, 9.17) is 27.9 Å². The van der Waals surface area contributed by atoms with E-state index >= 15 is 0 Å². The van der Waals surface area contributed by atoms with Gasteiger partial charge in [-0.25, -0.2) is 4.98 Å². The van der Waals surface area contributed by atoms with Crippen molar-refractivity contribution in [3.05, 3.63) is 52.6 Å². The van der Waals surface area contributed by atoms with Gasteiger partial charge in [-0.3, -0.25) is 4.79 Å². The molecule has 2 aromatic rings. The van der Waals surface area contributed by atoms with E-state index < -0.39 is 0 Å². The lowest BCUT2D eigenvalue weighted by molar-refractivity contribution is -0.123. The van der Waals surface area contributed by atoms with Gasteiger partial charge in [0.15, 0.2) is 6.61 Å². The summed E-state index contributed by atoms with van der Waals surface area (Å²) in [5, 5.41) is 3.89. The zero-order valence-electron chi connectivity index (χ0n) is 12.9. The second kappa shape index (κ2) is 7.73. The predicted octanol–water partition coefficient (Wildman–Crippen LogP) is 3.16. The van der Waals surface area contributed by atoms with Gasteiger partial charge in [-0.15, -0.1) is 0 Å². The maximum Gasteiger partial charge on any atom is 0.258 e. The van der Waals surface area contributed by atoms with Gasteiger partial charge in [0.1, 0.15) is 11.6 Å². The van der Waals surface area contributed by atoms with Crippen LogP contribution in [0.4, 0.5) is 5.82 Å². The van der Waals surface area contributed by atoms with E-state index in [1.54, 1.807) is 24.4 Å². The minimum absolute atomic E-state index is 0.0819. The largest absolute Gasteiger partial charge is 0.482 e. The predicted molar refractivity (Wildman–Crippen MR) is 95.0 cm³/mol. The normalized spacial score (nSPS) is 16.9. The van der Waals surface area contributed by atoms with Crippen LogP contribution in [0, 0.1) is 0 Å². The molecule has 1 N–H and O–H groups in total. The molecule has 1 fully saturated rings. The number of carbonyl (C=O) groups excluding carboxylic acids is 1. The fourth-order valence-corrected chi connectivity index (χ4v) is 3.09. The molecule has 3 rings (SSSR count). The Bertz CT molecular complexity index is 712. The summed E-state index contributed by atoms with van der Waals surface area (Å²) < 4.78 is 5.45. The van der Waals surface area contributed by atoms with Crippen molar-refractivity contribution in [3.8, 4) is 5.75 Å². The lowest BCUT2D eigenvalue weighted by atomic mass is 10.2. The molecule has 1 aliphatic rings. The van der Waals surface area contributed by atoms with E-state index in [1.165, 1.54) is 0 Å². The van der Waals surface area contributed by atoms with Gasteiger partial charge in [-0.05, 0) is 36.8 Å². The van der Waals surface area contributed by atoms with Gasteiger partial charge in [0, 0.05) is 30.4 Å². The third-order valence-corrected chi connectivity index (χ3v) is 4.31. The molecule has 1 aromatic heterocycles. The average Bonchev–Trinajstić information content (AvgIpc) is 3.03. The van der Waals surface area contributed by atoms with Crippen LogP contribution in [0.25, 0.3) is 0 Å². The van der Waals surface area contributed by atoms with E-state index in [1.807, 2.05) is 18.2 Å². The number of benzene rings is 1. The van der Waals surface area contributed by atoms with Crippen molar-refractivity contribution < 1.29 is 9.53 Å². The van der Waals surface area contributed by atoms with Crippen LogP contribution in [0.2, 0.25) is 10.0 Å². The lowest BCUT2D eigenvalue weighted by Gasteiger charge is -2.17. The molecule has 0 saturated carbocycles. The van der Waals surface area contributed by atoms with E-state index in [-0.39, 0.29) is 18.6 Å². The van der Waals surface area contributed by atoms with Crippen molar-refractivity contribution in [2.75, 3.05) is 24.6 Å². The molecule has 1 amide bonds. The highest BCUT2D eigenvalue weighted by atomic mass is 35.5. The number of ether oxygens (including phenoxy) is 1. The molecule has 1 aromatic carbocycles.